The van der Waals surface area contributed by atoms with Crippen LogP contribution in [-0.2, 0) is 11.3 Å². The Balaban J connectivity index is 0.00000324. The highest BCUT2D eigenvalue weighted by atomic mass is 35.5. The van der Waals surface area contributed by atoms with Gasteiger partial charge in [0.15, 0.2) is 0 Å². The summed E-state index contributed by atoms with van der Waals surface area (Å²) in [5, 5.41) is 10.9. The summed E-state index contributed by atoms with van der Waals surface area (Å²) in [6, 6.07) is 0. The number of amides is 1. The average molecular weight is 309 g/mol. The van der Waals surface area contributed by atoms with Crippen LogP contribution in [0.4, 0.5) is 0 Å². The number of carbonyl (C=O) groups excluding carboxylic acids is 1. The van der Waals surface area contributed by atoms with Crippen molar-refractivity contribution in [1.29, 1.82) is 0 Å². The molecule has 0 spiro atoms. The van der Waals surface area contributed by atoms with Gasteiger partial charge in [0.25, 0.3) is 0 Å². The summed E-state index contributed by atoms with van der Waals surface area (Å²) in [4.78, 5) is 11.7. The molecule has 0 bridgehead atoms. The zero-order chi connectivity index (χ0) is 13.5. The zero-order valence-electron chi connectivity index (χ0n) is 11.6. The van der Waals surface area contributed by atoms with E-state index in [0.29, 0.717) is 11.6 Å². The Morgan fingerprint density at radius 2 is 2.00 bits per heavy atom. The third-order valence-electron chi connectivity index (χ3n) is 2.64. The molecule has 1 amide bonds. The molecule has 0 aliphatic rings. The molecule has 19 heavy (non-hydrogen) atoms. The van der Waals surface area contributed by atoms with E-state index < -0.39 is 0 Å². The van der Waals surface area contributed by atoms with Crippen molar-refractivity contribution < 1.29 is 4.79 Å². The molecule has 0 aliphatic heterocycles. The highest BCUT2D eigenvalue weighted by Gasteiger charge is 2.11. The minimum Gasteiger partial charge on any atom is -0.353 e. The van der Waals surface area contributed by atoms with E-state index in [4.69, 9.17) is 11.6 Å². The van der Waals surface area contributed by atoms with Gasteiger partial charge in [0.05, 0.1) is 16.4 Å². The van der Waals surface area contributed by atoms with Gasteiger partial charge in [-0.15, -0.1) is 12.4 Å². The maximum absolute atomic E-state index is 11.7. The van der Waals surface area contributed by atoms with Gasteiger partial charge < -0.3 is 10.6 Å². The summed E-state index contributed by atoms with van der Waals surface area (Å²) in [5.41, 5.74) is 1.58. The SMILES string of the molecule is CCCNCCNC(=O)Cn1nc(C)c(Cl)c1C.Cl. The van der Waals surface area contributed by atoms with Crippen LogP contribution in [0.2, 0.25) is 5.02 Å². The minimum atomic E-state index is -0.0458. The fraction of sp³-hybridized carbons (Fsp3) is 0.667. The van der Waals surface area contributed by atoms with Gasteiger partial charge in [-0.2, -0.15) is 5.10 Å². The Morgan fingerprint density at radius 3 is 2.53 bits per heavy atom. The monoisotopic (exact) mass is 308 g/mol. The fourth-order valence-corrected chi connectivity index (χ4v) is 1.75. The molecule has 110 valence electrons. The molecule has 1 aromatic rings. The van der Waals surface area contributed by atoms with Gasteiger partial charge in [-0.25, -0.2) is 0 Å². The Bertz CT molecular complexity index is 407. The van der Waals surface area contributed by atoms with Gasteiger partial charge in [-0.3, -0.25) is 9.48 Å². The summed E-state index contributed by atoms with van der Waals surface area (Å²) >= 11 is 6.02. The van der Waals surface area contributed by atoms with E-state index in [1.165, 1.54) is 0 Å². The zero-order valence-corrected chi connectivity index (χ0v) is 13.2. The molecule has 5 nitrogen and oxygen atoms in total. The predicted octanol–water partition coefficient (Wildman–Crippen LogP) is 1.69. The number of nitrogens with zero attached hydrogens (tertiary/aromatic N) is 2. The molecule has 0 saturated carbocycles. The lowest BCUT2D eigenvalue weighted by molar-refractivity contribution is -0.121. The van der Waals surface area contributed by atoms with Gasteiger partial charge in [-0.1, -0.05) is 18.5 Å². The quantitative estimate of drug-likeness (QED) is 0.754. The first-order chi connectivity index (χ1) is 8.56. The summed E-state index contributed by atoms with van der Waals surface area (Å²) in [5.74, 6) is -0.0458. The number of halogens is 2. The summed E-state index contributed by atoms with van der Waals surface area (Å²) < 4.78 is 1.63. The highest BCUT2D eigenvalue weighted by molar-refractivity contribution is 6.31. The van der Waals surface area contributed by atoms with E-state index in [0.717, 1.165) is 30.9 Å². The smallest absolute Gasteiger partial charge is 0.241 e. The Hall–Kier alpha value is -0.780. The molecule has 0 atom stereocenters. The van der Waals surface area contributed by atoms with Crippen LogP contribution in [0.1, 0.15) is 24.7 Å². The van der Waals surface area contributed by atoms with Crippen molar-refractivity contribution in [2.75, 3.05) is 19.6 Å². The van der Waals surface area contributed by atoms with Crippen molar-refractivity contribution in [3.8, 4) is 0 Å². The average Bonchev–Trinajstić information content (AvgIpc) is 2.57. The number of rotatable bonds is 7. The Morgan fingerprint density at radius 1 is 1.32 bits per heavy atom. The van der Waals surface area contributed by atoms with Crippen molar-refractivity contribution in [3.63, 3.8) is 0 Å². The minimum absolute atomic E-state index is 0. The first-order valence-corrected chi connectivity index (χ1v) is 6.61. The third-order valence-corrected chi connectivity index (χ3v) is 3.18. The molecule has 2 N–H and O–H groups in total. The van der Waals surface area contributed by atoms with E-state index in [9.17, 15) is 4.79 Å². The lowest BCUT2D eigenvalue weighted by Gasteiger charge is -2.07. The maximum Gasteiger partial charge on any atom is 0.241 e. The number of aryl methyl sites for hydroxylation is 1. The van der Waals surface area contributed by atoms with E-state index in [2.05, 4.69) is 22.7 Å². The molecule has 1 aromatic heterocycles. The molecule has 0 unspecified atom stereocenters. The normalized spacial score (nSPS) is 10.1. The van der Waals surface area contributed by atoms with Crippen LogP contribution in [0.25, 0.3) is 0 Å². The van der Waals surface area contributed by atoms with Crippen LogP contribution in [0.5, 0.6) is 0 Å². The van der Waals surface area contributed by atoms with Crippen LogP contribution in [-0.4, -0.2) is 35.3 Å². The molecule has 0 aliphatic carbocycles. The van der Waals surface area contributed by atoms with Gasteiger partial charge in [0.2, 0.25) is 5.91 Å². The van der Waals surface area contributed by atoms with Gasteiger partial charge in [0.1, 0.15) is 6.54 Å². The second-order valence-electron chi connectivity index (χ2n) is 4.24. The highest BCUT2D eigenvalue weighted by Crippen LogP contribution is 2.18. The standard InChI is InChI=1S/C12H21ClN4O.ClH/c1-4-5-14-6-7-15-11(18)8-17-10(3)12(13)9(2)16-17;/h14H,4-8H2,1-3H3,(H,15,18);1H. The number of carbonyl (C=O) groups is 1. The van der Waals surface area contributed by atoms with Gasteiger partial charge in [-0.05, 0) is 26.8 Å². The molecule has 0 saturated heterocycles. The molecule has 1 rings (SSSR count). The lowest BCUT2D eigenvalue weighted by Crippen LogP contribution is -2.34. The lowest BCUT2D eigenvalue weighted by atomic mass is 10.4. The van der Waals surface area contributed by atoms with Crippen LogP contribution in [0.15, 0.2) is 0 Å². The molecule has 0 aromatic carbocycles. The molecular formula is C12H22Cl2N4O. The van der Waals surface area contributed by atoms with Crippen molar-refractivity contribution >= 4 is 29.9 Å². The van der Waals surface area contributed by atoms with E-state index in [1.54, 1.807) is 4.68 Å². The first kappa shape index (κ1) is 18.2. The van der Waals surface area contributed by atoms with Crippen LogP contribution < -0.4 is 10.6 Å². The Labute approximate surface area is 125 Å². The number of nitrogens with one attached hydrogen (secondary N) is 2. The van der Waals surface area contributed by atoms with Crippen LogP contribution in [0.3, 0.4) is 0 Å². The van der Waals surface area contributed by atoms with E-state index >= 15 is 0 Å². The van der Waals surface area contributed by atoms with Gasteiger partial charge in [0, 0.05) is 13.1 Å². The molecule has 0 fully saturated rings. The second kappa shape index (κ2) is 9.18. The molecular weight excluding hydrogens is 287 g/mol. The third kappa shape index (κ3) is 5.80. The van der Waals surface area contributed by atoms with Crippen LogP contribution >= 0.6 is 24.0 Å². The fourth-order valence-electron chi connectivity index (χ4n) is 1.61. The van der Waals surface area contributed by atoms with Gasteiger partial charge >= 0.3 is 0 Å². The van der Waals surface area contributed by atoms with Crippen molar-refractivity contribution in [1.82, 2.24) is 20.4 Å². The maximum atomic E-state index is 11.7. The topological polar surface area (TPSA) is 58.9 Å². The van der Waals surface area contributed by atoms with Crippen molar-refractivity contribution in [3.05, 3.63) is 16.4 Å². The molecule has 7 heteroatoms. The van der Waals surface area contributed by atoms with Crippen molar-refractivity contribution in [2.24, 2.45) is 0 Å². The second-order valence-corrected chi connectivity index (χ2v) is 4.62. The largest absolute Gasteiger partial charge is 0.353 e. The summed E-state index contributed by atoms with van der Waals surface area (Å²) in [6.07, 6.45) is 1.10. The van der Waals surface area contributed by atoms with Crippen molar-refractivity contribution in [2.45, 2.75) is 33.7 Å². The summed E-state index contributed by atoms with van der Waals surface area (Å²) in [7, 11) is 0. The summed E-state index contributed by atoms with van der Waals surface area (Å²) in [6.45, 7) is 8.41. The van der Waals surface area contributed by atoms with E-state index in [-0.39, 0.29) is 24.9 Å². The molecule has 0 radical (unpaired) electrons. The number of hydrogen-bond acceptors (Lipinski definition) is 3. The predicted molar refractivity (Wildman–Crippen MR) is 80.1 cm³/mol. The number of hydrogen-bond donors (Lipinski definition) is 2. The first-order valence-electron chi connectivity index (χ1n) is 6.23. The Kier molecular flexibility index (Phi) is 8.80. The molecule has 1 heterocycles. The van der Waals surface area contributed by atoms with E-state index in [1.807, 2.05) is 13.8 Å². The van der Waals surface area contributed by atoms with Crippen LogP contribution in [0, 0.1) is 13.8 Å². The number of aromatic nitrogens is 2.